The maximum Gasteiger partial charge on any atom is 0.170 e. The highest BCUT2D eigenvalue weighted by molar-refractivity contribution is 6.30. The summed E-state index contributed by atoms with van der Waals surface area (Å²) in [6, 6.07) is 8.65. The number of hydrogen-bond donors (Lipinski definition) is 0. The van der Waals surface area contributed by atoms with Crippen molar-refractivity contribution in [3.05, 3.63) is 69.7 Å². The molecule has 0 bridgehead atoms. The van der Waals surface area contributed by atoms with Crippen LogP contribution in [0.5, 0.6) is 0 Å². The van der Waals surface area contributed by atoms with Gasteiger partial charge in [0.2, 0.25) is 0 Å². The minimum Gasteiger partial charge on any atom is -0.294 e. The van der Waals surface area contributed by atoms with Gasteiger partial charge in [-0.1, -0.05) is 43.6 Å². The van der Waals surface area contributed by atoms with Crippen molar-refractivity contribution in [2.24, 2.45) is 0 Å². The quantitative estimate of drug-likeness (QED) is 0.696. The first-order valence-electron chi connectivity index (χ1n) is 6.71. The van der Waals surface area contributed by atoms with Crippen LogP contribution in [0.4, 0.5) is 8.78 Å². The predicted octanol–water partition coefficient (Wildman–Crippen LogP) is 5.38. The Morgan fingerprint density at radius 3 is 2.43 bits per heavy atom. The van der Waals surface area contributed by atoms with Crippen molar-refractivity contribution in [1.82, 2.24) is 0 Å². The summed E-state index contributed by atoms with van der Waals surface area (Å²) < 4.78 is 27.4. The number of hydrogen-bond acceptors (Lipinski definition) is 1. The van der Waals surface area contributed by atoms with Gasteiger partial charge in [0.05, 0.1) is 5.56 Å². The van der Waals surface area contributed by atoms with Gasteiger partial charge in [0.1, 0.15) is 11.6 Å². The molecule has 0 fully saturated rings. The number of halogens is 3. The molecule has 0 aliphatic rings. The van der Waals surface area contributed by atoms with E-state index in [1.807, 2.05) is 13.8 Å². The number of Topliss-reactive ketones (excluding diaryl/α,β-unsaturated/α-hetero) is 1. The summed E-state index contributed by atoms with van der Waals surface area (Å²) in [6.07, 6.45) is -0.191. The molecule has 112 valence electrons. The summed E-state index contributed by atoms with van der Waals surface area (Å²) in [5, 5.41) is 0.260. The van der Waals surface area contributed by atoms with E-state index in [0.29, 0.717) is 5.56 Å². The maximum absolute atomic E-state index is 13.8. The zero-order chi connectivity index (χ0) is 16.0. The molecule has 0 aliphatic heterocycles. The van der Waals surface area contributed by atoms with E-state index in [2.05, 4.69) is 0 Å². The van der Waals surface area contributed by atoms with Gasteiger partial charge in [0.25, 0.3) is 0 Å². The lowest BCUT2D eigenvalue weighted by Gasteiger charge is -2.06. The van der Waals surface area contributed by atoms with Crippen molar-refractivity contribution in [1.29, 1.82) is 0 Å². The van der Waals surface area contributed by atoms with E-state index in [0.717, 1.165) is 6.07 Å². The van der Waals surface area contributed by atoms with Crippen molar-refractivity contribution in [3.8, 4) is 0 Å². The van der Waals surface area contributed by atoms with E-state index in [4.69, 9.17) is 11.6 Å². The van der Waals surface area contributed by atoms with Crippen molar-refractivity contribution < 1.29 is 13.6 Å². The van der Waals surface area contributed by atoms with E-state index >= 15 is 0 Å². The van der Waals surface area contributed by atoms with Gasteiger partial charge in [-0.05, 0) is 36.2 Å². The second-order valence-electron chi connectivity index (χ2n) is 4.27. The van der Waals surface area contributed by atoms with Crippen LogP contribution in [0, 0.1) is 18.6 Å². The van der Waals surface area contributed by atoms with E-state index < -0.39 is 17.4 Å². The van der Waals surface area contributed by atoms with Crippen LogP contribution >= 0.6 is 11.6 Å². The highest BCUT2D eigenvalue weighted by atomic mass is 35.5. The van der Waals surface area contributed by atoms with Gasteiger partial charge >= 0.3 is 0 Å². The van der Waals surface area contributed by atoms with Gasteiger partial charge in [-0.15, -0.1) is 0 Å². The van der Waals surface area contributed by atoms with Crippen LogP contribution in [0.1, 0.15) is 35.3 Å². The largest absolute Gasteiger partial charge is 0.294 e. The Morgan fingerprint density at radius 1 is 1.14 bits per heavy atom. The minimum absolute atomic E-state index is 0.0191. The molecule has 1 nitrogen and oxygen atoms in total. The molecule has 2 aromatic carbocycles. The molecule has 2 aromatic rings. The molecular formula is C17H17ClF2O. The highest BCUT2D eigenvalue weighted by Gasteiger charge is 2.15. The van der Waals surface area contributed by atoms with Crippen LogP contribution in [-0.2, 0) is 6.42 Å². The number of benzene rings is 2. The minimum atomic E-state index is -0.561. The van der Waals surface area contributed by atoms with Crippen LogP contribution in [-0.4, -0.2) is 5.78 Å². The summed E-state index contributed by atoms with van der Waals surface area (Å²) in [5.74, 6) is -1.57. The summed E-state index contributed by atoms with van der Waals surface area (Å²) in [5.41, 5.74) is 0.576. The average Bonchev–Trinajstić information content (AvgIpc) is 2.47. The Bertz CT molecular complexity index is 639. The van der Waals surface area contributed by atoms with Crippen LogP contribution < -0.4 is 0 Å². The standard InChI is InChI=1S/C15H11ClF2O.C2H6/c1-9-3-2-4-12(15(9)18)14(19)7-10-5-6-11(16)8-13(10)17;1-2/h2-6,8H,7H2,1H3;1-2H3. The zero-order valence-electron chi connectivity index (χ0n) is 12.2. The topological polar surface area (TPSA) is 17.1 Å². The maximum atomic E-state index is 13.8. The lowest BCUT2D eigenvalue weighted by molar-refractivity contribution is 0.0988. The lowest BCUT2D eigenvalue weighted by Crippen LogP contribution is -2.08. The molecule has 0 spiro atoms. The second-order valence-corrected chi connectivity index (χ2v) is 4.71. The molecule has 0 atom stereocenters. The van der Waals surface area contributed by atoms with Crippen LogP contribution in [0.15, 0.2) is 36.4 Å². The predicted molar refractivity (Wildman–Crippen MR) is 81.9 cm³/mol. The number of ketones is 1. The number of aryl methyl sites for hydroxylation is 1. The van der Waals surface area contributed by atoms with Crippen molar-refractivity contribution >= 4 is 17.4 Å². The van der Waals surface area contributed by atoms with Gasteiger partial charge < -0.3 is 0 Å². The first kappa shape index (κ1) is 17.3. The summed E-state index contributed by atoms with van der Waals surface area (Å²) >= 11 is 5.63. The molecule has 0 unspecified atom stereocenters. The van der Waals surface area contributed by atoms with Crippen molar-refractivity contribution in [3.63, 3.8) is 0 Å². The Hall–Kier alpha value is -1.74. The Morgan fingerprint density at radius 2 is 1.81 bits per heavy atom. The van der Waals surface area contributed by atoms with Crippen LogP contribution in [0.3, 0.4) is 0 Å². The summed E-state index contributed by atoms with van der Waals surface area (Å²) in [7, 11) is 0. The van der Waals surface area contributed by atoms with Gasteiger partial charge in [-0.25, -0.2) is 8.78 Å². The lowest BCUT2D eigenvalue weighted by atomic mass is 10.0. The fourth-order valence-electron chi connectivity index (χ4n) is 1.80. The third-order valence-electron chi connectivity index (χ3n) is 2.86. The molecule has 2 rings (SSSR count). The molecule has 0 amide bonds. The van der Waals surface area contributed by atoms with Gasteiger partial charge in [0.15, 0.2) is 5.78 Å². The highest BCUT2D eigenvalue weighted by Crippen LogP contribution is 2.18. The SMILES string of the molecule is CC.Cc1cccc(C(=O)Cc2ccc(Cl)cc2F)c1F. The van der Waals surface area contributed by atoms with Gasteiger partial charge in [0, 0.05) is 11.4 Å². The molecule has 0 saturated heterocycles. The number of carbonyl (C=O) groups excluding carboxylic acids is 1. The van der Waals surface area contributed by atoms with Gasteiger partial charge in [-0.2, -0.15) is 0 Å². The fraction of sp³-hybridized carbons (Fsp3) is 0.235. The molecule has 21 heavy (non-hydrogen) atoms. The molecule has 0 aromatic heterocycles. The van der Waals surface area contributed by atoms with Crippen molar-refractivity contribution in [2.75, 3.05) is 0 Å². The first-order valence-corrected chi connectivity index (χ1v) is 7.09. The van der Waals surface area contributed by atoms with Crippen molar-refractivity contribution in [2.45, 2.75) is 27.2 Å². The number of carbonyl (C=O) groups is 1. The molecular weight excluding hydrogens is 294 g/mol. The Labute approximate surface area is 128 Å². The molecule has 0 heterocycles. The zero-order valence-corrected chi connectivity index (χ0v) is 13.0. The average molecular weight is 311 g/mol. The van der Waals surface area contributed by atoms with Gasteiger partial charge in [-0.3, -0.25) is 4.79 Å². The molecule has 0 saturated carbocycles. The van der Waals surface area contributed by atoms with E-state index in [1.54, 1.807) is 19.1 Å². The second kappa shape index (κ2) is 7.89. The van der Waals surface area contributed by atoms with E-state index in [-0.39, 0.29) is 22.6 Å². The smallest absolute Gasteiger partial charge is 0.170 e. The number of rotatable bonds is 3. The molecule has 0 radical (unpaired) electrons. The third kappa shape index (κ3) is 4.36. The fourth-order valence-corrected chi connectivity index (χ4v) is 1.95. The van der Waals surface area contributed by atoms with Crippen LogP contribution in [0.2, 0.25) is 5.02 Å². The Balaban J connectivity index is 0.00000106. The van der Waals surface area contributed by atoms with Crippen LogP contribution in [0.25, 0.3) is 0 Å². The molecule has 0 N–H and O–H groups in total. The first-order chi connectivity index (χ1) is 9.99. The summed E-state index contributed by atoms with van der Waals surface area (Å²) in [6.45, 7) is 5.58. The third-order valence-corrected chi connectivity index (χ3v) is 3.09. The molecule has 4 heteroatoms. The van der Waals surface area contributed by atoms with E-state index in [9.17, 15) is 13.6 Å². The van der Waals surface area contributed by atoms with E-state index in [1.165, 1.54) is 18.2 Å². The Kier molecular flexibility index (Phi) is 6.50. The monoisotopic (exact) mass is 310 g/mol. The molecule has 0 aliphatic carbocycles. The summed E-state index contributed by atoms with van der Waals surface area (Å²) in [4.78, 5) is 12.0. The normalized spacial score (nSPS) is 9.81.